The smallest absolute Gasteiger partial charge is 0.249 e. The van der Waals surface area contributed by atoms with Crippen LogP contribution in [0.1, 0.15) is 30.4 Å². The molecule has 0 saturated carbocycles. The Labute approximate surface area is 198 Å². The van der Waals surface area contributed by atoms with Crippen molar-refractivity contribution in [1.29, 1.82) is 0 Å². The van der Waals surface area contributed by atoms with E-state index in [0.29, 0.717) is 28.8 Å². The largest absolute Gasteiger partial charge is 0.283 e. The third-order valence-electron chi connectivity index (χ3n) is 5.21. The maximum atomic E-state index is 12.9. The fraction of sp³-hybridized carbons (Fsp3) is 0.167. The van der Waals surface area contributed by atoms with Gasteiger partial charge in [-0.15, -0.1) is 4.40 Å². The molecule has 1 aliphatic rings. The second kappa shape index (κ2) is 9.45. The first-order valence-electron chi connectivity index (χ1n) is 10.1. The molecule has 32 heavy (non-hydrogen) atoms. The molecule has 0 aromatic heterocycles. The number of rotatable bonds is 5. The van der Waals surface area contributed by atoms with Gasteiger partial charge in [0.1, 0.15) is 5.84 Å². The second-order valence-electron chi connectivity index (χ2n) is 7.33. The lowest BCUT2D eigenvalue weighted by molar-refractivity contribution is 0.466. The fourth-order valence-corrected chi connectivity index (χ4v) is 4.92. The number of nitrogens with zero attached hydrogens (tertiary/aromatic N) is 3. The first-order chi connectivity index (χ1) is 15.4. The fourth-order valence-electron chi connectivity index (χ4n) is 3.58. The van der Waals surface area contributed by atoms with Gasteiger partial charge >= 0.3 is 0 Å². The third-order valence-corrected chi connectivity index (χ3v) is 7.03. The lowest BCUT2D eigenvalue weighted by Gasteiger charge is -2.17. The normalized spacial score (nSPS) is 16.8. The summed E-state index contributed by atoms with van der Waals surface area (Å²) in [6.45, 7) is 2.36. The number of hydrazone groups is 1. The second-order valence-corrected chi connectivity index (χ2v) is 9.80. The van der Waals surface area contributed by atoms with E-state index in [0.717, 1.165) is 16.8 Å². The van der Waals surface area contributed by atoms with Gasteiger partial charge in [-0.3, -0.25) is 0 Å². The first-order valence-corrected chi connectivity index (χ1v) is 12.3. The van der Waals surface area contributed by atoms with E-state index in [1.54, 1.807) is 5.01 Å². The summed E-state index contributed by atoms with van der Waals surface area (Å²) in [5.74, 6) is 0.345. The highest BCUT2D eigenvalue weighted by molar-refractivity contribution is 7.90. The van der Waals surface area contributed by atoms with Crippen LogP contribution in [-0.4, -0.2) is 31.5 Å². The van der Waals surface area contributed by atoms with E-state index in [4.69, 9.17) is 28.3 Å². The first kappa shape index (κ1) is 22.5. The zero-order valence-electron chi connectivity index (χ0n) is 17.3. The molecule has 1 atom stereocenters. The van der Waals surface area contributed by atoms with Crippen LogP contribution in [0.3, 0.4) is 0 Å². The van der Waals surface area contributed by atoms with Crippen molar-refractivity contribution in [2.24, 2.45) is 9.50 Å². The molecule has 3 aromatic carbocycles. The minimum Gasteiger partial charge on any atom is -0.249 e. The molecular weight excluding hydrogens is 465 g/mol. The molecule has 0 bridgehead atoms. The summed E-state index contributed by atoms with van der Waals surface area (Å²) in [6, 6.07) is 23.5. The van der Waals surface area contributed by atoms with Crippen LogP contribution in [0.5, 0.6) is 0 Å². The van der Waals surface area contributed by atoms with Crippen molar-refractivity contribution in [3.05, 3.63) is 100 Å². The van der Waals surface area contributed by atoms with E-state index in [1.807, 2.05) is 61.5 Å². The number of halogens is 2. The molecule has 0 aliphatic carbocycles. The molecule has 0 radical (unpaired) electrons. The van der Waals surface area contributed by atoms with Crippen LogP contribution in [-0.2, 0) is 10.0 Å². The van der Waals surface area contributed by atoms with Crippen LogP contribution >= 0.6 is 23.2 Å². The van der Waals surface area contributed by atoms with Crippen molar-refractivity contribution in [3.8, 4) is 0 Å². The van der Waals surface area contributed by atoms with Gasteiger partial charge in [0.25, 0.3) is 10.0 Å². The summed E-state index contributed by atoms with van der Waals surface area (Å²) in [5, 5.41) is 7.60. The van der Waals surface area contributed by atoms with E-state index in [9.17, 15) is 8.42 Å². The van der Waals surface area contributed by atoms with Crippen LogP contribution in [0.4, 0.5) is 0 Å². The number of benzene rings is 3. The van der Waals surface area contributed by atoms with Gasteiger partial charge in [-0.25, -0.2) is 5.01 Å². The Morgan fingerprint density at radius 2 is 1.56 bits per heavy atom. The Hall–Kier alpha value is -2.67. The van der Waals surface area contributed by atoms with Crippen LogP contribution < -0.4 is 0 Å². The zero-order valence-corrected chi connectivity index (χ0v) is 19.6. The molecule has 0 saturated heterocycles. The summed E-state index contributed by atoms with van der Waals surface area (Å²) >= 11 is 12.0. The van der Waals surface area contributed by atoms with E-state index in [2.05, 4.69) is 4.40 Å². The molecule has 0 spiro atoms. The van der Waals surface area contributed by atoms with Crippen LogP contribution in [0.2, 0.25) is 10.0 Å². The number of hydrogen-bond donors (Lipinski definition) is 0. The molecule has 0 N–H and O–H groups in total. The minimum atomic E-state index is -3.89. The Morgan fingerprint density at radius 1 is 0.969 bits per heavy atom. The average Bonchev–Trinajstić information content (AvgIpc) is 3.24. The maximum absolute atomic E-state index is 12.9. The zero-order chi connectivity index (χ0) is 22.7. The number of sulfonamides is 1. The van der Waals surface area contributed by atoms with Gasteiger partial charge in [0, 0.05) is 22.4 Å². The Kier molecular flexibility index (Phi) is 6.65. The molecule has 0 fully saturated rings. The lowest BCUT2D eigenvalue weighted by atomic mass is 9.91. The van der Waals surface area contributed by atoms with Gasteiger partial charge in [-0.2, -0.15) is 13.5 Å². The van der Waals surface area contributed by atoms with E-state index >= 15 is 0 Å². The molecular formula is C24H21Cl2N3O2S. The maximum Gasteiger partial charge on any atom is 0.283 e. The molecule has 1 aliphatic heterocycles. The molecule has 164 valence electrons. The van der Waals surface area contributed by atoms with Crippen LogP contribution in [0.25, 0.3) is 0 Å². The van der Waals surface area contributed by atoms with Crippen molar-refractivity contribution in [2.45, 2.75) is 24.2 Å². The number of hydrogen-bond acceptors (Lipinski definition) is 3. The summed E-state index contributed by atoms with van der Waals surface area (Å²) in [4.78, 5) is 0.0913. The van der Waals surface area contributed by atoms with Gasteiger partial charge in [-0.1, -0.05) is 72.6 Å². The van der Waals surface area contributed by atoms with Crippen molar-refractivity contribution < 1.29 is 8.42 Å². The highest BCUT2D eigenvalue weighted by Gasteiger charge is 2.31. The molecule has 1 unspecified atom stereocenters. The standard InChI is InChI=1S/C24H21Cl2N3O2S/c1-2-23(28-32(30,31)21-14-12-20(26)13-15-21)29-16-22(17-6-4-3-5-7-17)24(27-29)18-8-10-19(25)11-9-18/h3-15,22H,2,16H2,1H3. The van der Waals surface area contributed by atoms with Gasteiger partial charge in [-0.05, 0) is 47.5 Å². The predicted octanol–water partition coefficient (Wildman–Crippen LogP) is 5.99. The van der Waals surface area contributed by atoms with Crippen molar-refractivity contribution in [2.75, 3.05) is 6.54 Å². The quantitative estimate of drug-likeness (QED) is 0.329. The third kappa shape index (κ3) is 4.88. The molecule has 8 heteroatoms. The monoisotopic (exact) mass is 485 g/mol. The SMILES string of the molecule is CCC(=NS(=O)(=O)c1ccc(Cl)cc1)N1CC(c2ccccc2)C(c2ccc(Cl)cc2)=N1. The Morgan fingerprint density at radius 3 is 2.16 bits per heavy atom. The highest BCUT2D eigenvalue weighted by atomic mass is 35.5. The van der Waals surface area contributed by atoms with Gasteiger partial charge in [0.05, 0.1) is 17.2 Å². The van der Waals surface area contributed by atoms with Gasteiger partial charge in [0.15, 0.2) is 0 Å². The molecule has 3 aromatic rings. The molecule has 0 amide bonds. The predicted molar refractivity (Wildman–Crippen MR) is 130 cm³/mol. The topological polar surface area (TPSA) is 62.1 Å². The summed E-state index contributed by atoms with van der Waals surface area (Å²) < 4.78 is 29.9. The summed E-state index contributed by atoms with van der Waals surface area (Å²) in [7, 11) is -3.89. The summed E-state index contributed by atoms with van der Waals surface area (Å²) in [6.07, 6.45) is 0.408. The van der Waals surface area contributed by atoms with Crippen LogP contribution in [0.15, 0.2) is 93.3 Å². The van der Waals surface area contributed by atoms with E-state index < -0.39 is 10.0 Å². The summed E-state index contributed by atoms with van der Waals surface area (Å²) in [5.41, 5.74) is 2.87. The molecule has 5 nitrogen and oxygen atoms in total. The minimum absolute atomic E-state index is 0.0349. The van der Waals surface area contributed by atoms with Crippen LogP contribution in [0, 0.1) is 0 Å². The molecule has 4 rings (SSSR count). The van der Waals surface area contributed by atoms with Crippen molar-refractivity contribution in [1.82, 2.24) is 5.01 Å². The van der Waals surface area contributed by atoms with Crippen molar-refractivity contribution >= 4 is 44.8 Å². The Balaban J connectivity index is 1.73. The number of amidine groups is 1. The van der Waals surface area contributed by atoms with Crippen molar-refractivity contribution in [3.63, 3.8) is 0 Å². The van der Waals surface area contributed by atoms with E-state index in [1.165, 1.54) is 24.3 Å². The average molecular weight is 486 g/mol. The highest BCUT2D eigenvalue weighted by Crippen LogP contribution is 2.30. The lowest BCUT2D eigenvalue weighted by Crippen LogP contribution is -2.26. The molecule has 1 heterocycles. The Bertz CT molecular complexity index is 1260. The van der Waals surface area contributed by atoms with E-state index in [-0.39, 0.29) is 10.8 Å². The van der Waals surface area contributed by atoms with Gasteiger partial charge < -0.3 is 0 Å². The van der Waals surface area contributed by atoms with Gasteiger partial charge in [0.2, 0.25) is 0 Å².